The average molecular weight is 577 g/mol. The molecule has 0 bridgehead atoms. The normalized spacial score (nSPS) is 18.2. The zero-order valence-electron chi connectivity index (χ0n) is 21.4. The van der Waals surface area contributed by atoms with E-state index in [0.29, 0.717) is 54.3 Å². The van der Waals surface area contributed by atoms with Gasteiger partial charge in [-0.25, -0.2) is 19.7 Å². The number of anilines is 1. The van der Waals surface area contributed by atoms with E-state index in [1.54, 1.807) is 29.2 Å². The summed E-state index contributed by atoms with van der Waals surface area (Å²) in [6.45, 7) is 1.51. The van der Waals surface area contributed by atoms with Gasteiger partial charge in [-0.2, -0.15) is 0 Å². The Morgan fingerprint density at radius 3 is 2.67 bits per heavy atom. The summed E-state index contributed by atoms with van der Waals surface area (Å²) in [5.74, 6) is 1.74. The molecule has 2 aromatic carbocycles. The molecule has 0 radical (unpaired) electrons. The molecule has 1 aliphatic carbocycles. The first-order chi connectivity index (χ1) is 19.5. The number of aromatic amines is 1. The van der Waals surface area contributed by atoms with Crippen LogP contribution in [0, 0.1) is 5.92 Å². The number of fused-ring (bicyclic) bond motifs is 3. The highest BCUT2D eigenvalue weighted by atomic mass is 35.5. The van der Waals surface area contributed by atoms with Crippen molar-refractivity contribution in [2.45, 2.75) is 18.9 Å². The van der Waals surface area contributed by atoms with E-state index in [2.05, 4.69) is 37.4 Å². The molecule has 0 saturated carbocycles. The highest BCUT2D eigenvalue weighted by Gasteiger charge is 2.39. The molecular formula is C29H26Cl2N6O3. The standard InChI is InChI=1S/C29H26Cl2N6O3/c30-19-3-8-22(9-4-19)40-29(38)37-13-11-23-24-15-20(31)5-10-25(24)36-26(23)27(37)18-1-6-21(7-2-18)39-14-12-33-28-34-16-32-17-35-28/h1,3-10,15-18,27,36H,2,11-14H2,(H,32,33,34,35). The second kappa shape index (κ2) is 11.6. The summed E-state index contributed by atoms with van der Waals surface area (Å²) < 4.78 is 11.7. The third kappa shape index (κ3) is 5.61. The van der Waals surface area contributed by atoms with Crippen molar-refractivity contribution in [1.82, 2.24) is 24.8 Å². The van der Waals surface area contributed by atoms with Crippen LogP contribution in [0.2, 0.25) is 10.0 Å². The number of amides is 1. The highest BCUT2D eigenvalue weighted by molar-refractivity contribution is 6.31. The number of carbonyl (C=O) groups excluding carboxylic acids is 1. The summed E-state index contributed by atoms with van der Waals surface area (Å²) in [7, 11) is 0. The summed E-state index contributed by atoms with van der Waals surface area (Å²) in [5.41, 5.74) is 3.18. The lowest BCUT2D eigenvalue weighted by Crippen LogP contribution is -2.44. The van der Waals surface area contributed by atoms with E-state index in [-0.39, 0.29) is 12.0 Å². The third-order valence-corrected chi connectivity index (χ3v) is 7.53. The van der Waals surface area contributed by atoms with Crippen molar-refractivity contribution in [2.24, 2.45) is 5.92 Å². The molecule has 2 aromatic heterocycles. The van der Waals surface area contributed by atoms with E-state index in [4.69, 9.17) is 32.7 Å². The molecule has 6 rings (SSSR count). The van der Waals surface area contributed by atoms with Crippen LogP contribution >= 0.6 is 23.2 Å². The molecule has 1 aliphatic heterocycles. The number of hydrogen-bond donors (Lipinski definition) is 2. The lowest BCUT2D eigenvalue weighted by molar-refractivity contribution is 0.111. The zero-order valence-corrected chi connectivity index (χ0v) is 22.9. The molecule has 11 heteroatoms. The number of allylic oxidation sites excluding steroid dienone is 2. The fraction of sp³-hybridized carbons (Fsp3) is 0.241. The Balaban J connectivity index is 1.20. The van der Waals surface area contributed by atoms with E-state index in [9.17, 15) is 4.79 Å². The maximum Gasteiger partial charge on any atom is 0.415 e. The van der Waals surface area contributed by atoms with Crippen LogP contribution in [-0.4, -0.2) is 50.6 Å². The first kappa shape index (κ1) is 26.2. The quantitative estimate of drug-likeness (QED) is 0.247. The molecule has 9 nitrogen and oxygen atoms in total. The van der Waals surface area contributed by atoms with Crippen molar-refractivity contribution in [3.63, 3.8) is 0 Å². The molecule has 0 saturated heterocycles. The van der Waals surface area contributed by atoms with Crippen LogP contribution in [0.15, 0.2) is 79.1 Å². The molecule has 40 heavy (non-hydrogen) atoms. The number of ether oxygens (including phenoxy) is 2. The van der Waals surface area contributed by atoms with Crippen LogP contribution in [-0.2, 0) is 11.2 Å². The summed E-state index contributed by atoms with van der Waals surface area (Å²) in [4.78, 5) is 30.8. The van der Waals surface area contributed by atoms with Gasteiger partial charge in [-0.05, 0) is 73.0 Å². The van der Waals surface area contributed by atoms with Crippen LogP contribution in [0.25, 0.3) is 10.9 Å². The Morgan fingerprint density at radius 2 is 1.90 bits per heavy atom. The van der Waals surface area contributed by atoms with Gasteiger partial charge in [-0.15, -0.1) is 0 Å². The van der Waals surface area contributed by atoms with Gasteiger partial charge in [0.15, 0.2) is 0 Å². The van der Waals surface area contributed by atoms with Gasteiger partial charge < -0.3 is 19.8 Å². The second-order valence-corrected chi connectivity index (χ2v) is 10.4. The van der Waals surface area contributed by atoms with Crippen molar-refractivity contribution in [3.05, 3.63) is 100 Å². The van der Waals surface area contributed by atoms with Crippen LogP contribution in [0.4, 0.5) is 10.7 Å². The predicted molar refractivity (Wildman–Crippen MR) is 154 cm³/mol. The number of aromatic nitrogens is 4. The maximum atomic E-state index is 13.5. The molecule has 3 heterocycles. The minimum atomic E-state index is -0.404. The lowest BCUT2D eigenvalue weighted by Gasteiger charge is -2.39. The molecule has 2 atom stereocenters. The third-order valence-electron chi connectivity index (χ3n) is 7.04. The van der Waals surface area contributed by atoms with Crippen LogP contribution in [0.1, 0.15) is 23.7 Å². The summed E-state index contributed by atoms with van der Waals surface area (Å²) >= 11 is 12.3. The number of nitrogens with one attached hydrogen (secondary N) is 2. The fourth-order valence-corrected chi connectivity index (χ4v) is 5.52. The van der Waals surface area contributed by atoms with Gasteiger partial charge in [0.1, 0.15) is 30.8 Å². The Morgan fingerprint density at radius 1 is 1.10 bits per heavy atom. The van der Waals surface area contributed by atoms with E-state index >= 15 is 0 Å². The molecule has 1 amide bonds. The molecule has 4 aromatic rings. The van der Waals surface area contributed by atoms with Gasteiger partial charge in [0, 0.05) is 39.1 Å². The van der Waals surface area contributed by atoms with E-state index in [1.807, 2.05) is 24.3 Å². The van der Waals surface area contributed by atoms with Crippen molar-refractivity contribution in [3.8, 4) is 5.75 Å². The molecular weight excluding hydrogens is 551 g/mol. The van der Waals surface area contributed by atoms with Gasteiger partial charge in [0.05, 0.1) is 12.6 Å². The first-order valence-corrected chi connectivity index (χ1v) is 13.7. The Kier molecular flexibility index (Phi) is 7.57. The molecule has 2 unspecified atom stereocenters. The Bertz CT molecular complexity index is 1570. The van der Waals surface area contributed by atoms with Gasteiger partial charge in [0.25, 0.3) is 0 Å². The number of H-pyrrole nitrogens is 1. The van der Waals surface area contributed by atoms with Crippen LogP contribution < -0.4 is 10.1 Å². The molecule has 204 valence electrons. The maximum absolute atomic E-state index is 13.5. The summed E-state index contributed by atoms with van der Waals surface area (Å²) in [6, 6.07) is 12.4. The first-order valence-electron chi connectivity index (χ1n) is 13.0. The lowest BCUT2D eigenvalue weighted by atomic mass is 9.84. The molecule has 2 N–H and O–H groups in total. The molecule has 0 fully saturated rings. The molecule has 2 aliphatic rings. The Labute approximate surface area is 240 Å². The van der Waals surface area contributed by atoms with Crippen molar-refractivity contribution < 1.29 is 14.3 Å². The van der Waals surface area contributed by atoms with E-state index < -0.39 is 6.09 Å². The number of carbonyl (C=O) groups is 1. The number of rotatable bonds is 7. The topological polar surface area (TPSA) is 105 Å². The molecule has 0 spiro atoms. The van der Waals surface area contributed by atoms with Crippen molar-refractivity contribution in [1.29, 1.82) is 0 Å². The van der Waals surface area contributed by atoms with Crippen molar-refractivity contribution in [2.75, 3.05) is 25.0 Å². The van der Waals surface area contributed by atoms with Crippen LogP contribution in [0.5, 0.6) is 5.75 Å². The fourth-order valence-electron chi connectivity index (χ4n) is 5.22. The smallest absolute Gasteiger partial charge is 0.415 e. The second-order valence-electron chi connectivity index (χ2n) is 9.52. The van der Waals surface area contributed by atoms with Crippen LogP contribution in [0.3, 0.4) is 0 Å². The van der Waals surface area contributed by atoms with Crippen molar-refractivity contribution >= 4 is 46.1 Å². The number of hydrogen-bond acceptors (Lipinski definition) is 7. The largest absolute Gasteiger partial charge is 0.492 e. The van der Waals surface area contributed by atoms with E-state index in [0.717, 1.165) is 22.4 Å². The number of nitrogens with zero attached hydrogens (tertiary/aromatic N) is 4. The zero-order chi connectivity index (χ0) is 27.5. The van der Waals surface area contributed by atoms with Gasteiger partial charge in [-0.3, -0.25) is 4.90 Å². The minimum absolute atomic E-state index is 0.0102. The monoisotopic (exact) mass is 576 g/mol. The SMILES string of the molecule is O=C(Oc1ccc(Cl)cc1)N1CCc2c([nH]c3ccc(Cl)cc23)C1C1C=CC(OCCNc2ncncn2)=CC1. The number of benzene rings is 2. The summed E-state index contributed by atoms with van der Waals surface area (Å²) in [6.07, 6.45) is 9.99. The highest BCUT2D eigenvalue weighted by Crippen LogP contribution is 2.42. The van der Waals surface area contributed by atoms with Gasteiger partial charge in [-0.1, -0.05) is 29.3 Å². The van der Waals surface area contributed by atoms with Gasteiger partial charge in [0.2, 0.25) is 5.95 Å². The van der Waals surface area contributed by atoms with Gasteiger partial charge >= 0.3 is 6.09 Å². The minimum Gasteiger partial charge on any atom is -0.492 e. The predicted octanol–water partition coefficient (Wildman–Crippen LogP) is 6.35. The van der Waals surface area contributed by atoms with E-state index in [1.165, 1.54) is 18.2 Å². The average Bonchev–Trinajstić information content (AvgIpc) is 3.35. The summed E-state index contributed by atoms with van der Waals surface area (Å²) in [5, 5.41) is 5.44. The number of halogens is 2. The Hall–Kier alpha value is -4.08.